The lowest BCUT2D eigenvalue weighted by Gasteiger charge is -2.10. The second-order valence-corrected chi connectivity index (χ2v) is 4.04. The largest absolute Gasteiger partial charge is 0.356 e. The minimum absolute atomic E-state index is 0.00102. The highest BCUT2D eigenvalue weighted by Gasteiger charge is 2.10. The first-order chi connectivity index (χ1) is 7.63. The van der Waals surface area contributed by atoms with Crippen molar-refractivity contribution in [1.82, 2.24) is 15.1 Å². The first-order valence-electron chi connectivity index (χ1n) is 5.58. The van der Waals surface area contributed by atoms with Gasteiger partial charge in [0.15, 0.2) is 0 Å². The van der Waals surface area contributed by atoms with E-state index in [9.17, 15) is 4.79 Å². The van der Waals surface area contributed by atoms with Crippen LogP contribution in [-0.2, 0) is 18.3 Å². The molecule has 1 rings (SSSR count). The van der Waals surface area contributed by atoms with Crippen molar-refractivity contribution in [3.8, 4) is 0 Å². The molecule has 1 heterocycles. The summed E-state index contributed by atoms with van der Waals surface area (Å²) in [4.78, 5) is 11.5. The fraction of sp³-hybridized carbons (Fsp3) is 0.636. The zero-order valence-electron chi connectivity index (χ0n) is 9.94. The second-order valence-electron chi connectivity index (χ2n) is 4.04. The highest BCUT2D eigenvalue weighted by atomic mass is 16.1. The van der Waals surface area contributed by atoms with E-state index in [4.69, 9.17) is 5.73 Å². The van der Waals surface area contributed by atoms with Crippen molar-refractivity contribution < 1.29 is 4.79 Å². The average molecular weight is 224 g/mol. The van der Waals surface area contributed by atoms with Crippen LogP contribution in [0.1, 0.15) is 18.9 Å². The molecule has 0 aliphatic rings. The van der Waals surface area contributed by atoms with Crippen LogP contribution in [0, 0.1) is 5.92 Å². The van der Waals surface area contributed by atoms with E-state index < -0.39 is 0 Å². The molecule has 90 valence electrons. The third-order valence-corrected chi connectivity index (χ3v) is 2.52. The minimum atomic E-state index is -0.00102. The SMILES string of the molecule is CC(CCN)C(=O)NCCc1cnn(C)c1. The van der Waals surface area contributed by atoms with Gasteiger partial charge < -0.3 is 11.1 Å². The number of nitrogens with zero attached hydrogens (tertiary/aromatic N) is 2. The molecular formula is C11H20N4O. The first-order valence-corrected chi connectivity index (χ1v) is 5.58. The minimum Gasteiger partial charge on any atom is -0.356 e. The lowest BCUT2D eigenvalue weighted by Crippen LogP contribution is -2.31. The summed E-state index contributed by atoms with van der Waals surface area (Å²) >= 11 is 0. The molecule has 0 fully saturated rings. The zero-order chi connectivity index (χ0) is 12.0. The first kappa shape index (κ1) is 12.7. The van der Waals surface area contributed by atoms with Crippen LogP contribution in [0.5, 0.6) is 0 Å². The van der Waals surface area contributed by atoms with Gasteiger partial charge in [0, 0.05) is 25.7 Å². The Balaban J connectivity index is 2.22. The molecule has 16 heavy (non-hydrogen) atoms. The molecule has 1 atom stereocenters. The smallest absolute Gasteiger partial charge is 0.222 e. The Morgan fingerprint density at radius 3 is 3.00 bits per heavy atom. The molecule has 0 aliphatic heterocycles. The standard InChI is InChI=1S/C11H20N4O/c1-9(3-5-12)11(16)13-6-4-10-7-14-15(2)8-10/h7-9H,3-6,12H2,1-2H3,(H,13,16). The summed E-state index contributed by atoms with van der Waals surface area (Å²) in [6.45, 7) is 3.10. The number of carbonyl (C=O) groups is 1. The highest BCUT2D eigenvalue weighted by molar-refractivity contribution is 5.78. The fourth-order valence-electron chi connectivity index (χ4n) is 1.49. The summed E-state index contributed by atoms with van der Waals surface area (Å²) in [5.74, 6) is 0.0771. The molecule has 0 aromatic carbocycles. The van der Waals surface area contributed by atoms with E-state index >= 15 is 0 Å². The topological polar surface area (TPSA) is 72.9 Å². The number of nitrogens with two attached hydrogens (primary N) is 1. The maximum atomic E-state index is 11.5. The number of amides is 1. The number of nitrogens with one attached hydrogen (secondary N) is 1. The average Bonchev–Trinajstić information content (AvgIpc) is 2.64. The summed E-state index contributed by atoms with van der Waals surface area (Å²) in [6.07, 6.45) is 5.32. The Hall–Kier alpha value is -1.36. The molecule has 0 saturated heterocycles. The van der Waals surface area contributed by atoms with Crippen LogP contribution in [-0.4, -0.2) is 28.8 Å². The van der Waals surface area contributed by atoms with Gasteiger partial charge in [0.05, 0.1) is 6.20 Å². The molecule has 1 aromatic heterocycles. The summed E-state index contributed by atoms with van der Waals surface area (Å²) in [5.41, 5.74) is 6.53. The van der Waals surface area contributed by atoms with Crippen molar-refractivity contribution in [3.05, 3.63) is 18.0 Å². The number of hydrogen-bond acceptors (Lipinski definition) is 3. The number of rotatable bonds is 6. The molecule has 0 spiro atoms. The van der Waals surface area contributed by atoms with E-state index in [1.54, 1.807) is 4.68 Å². The van der Waals surface area contributed by atoms with Crippen molar-refractivity contribution in [2.24, 2.45) is 18.7 Å². The Labute approximate surface area is 96.0 Å². The van der Waals surface area contributed by atoms with Crippen LogP contribution < -0.4 is 11.1 Å². The van der Waals surface area contributed by atoms with Gasteiger partial charge in [-0.2, -0.15) is 5.10 Å². The highest BCUT2D eigenvalue weighted by Crippen LogP contribution is 2.00. The fourth-order valence-corrected chi connectivity index (χ4v) is 1.49. The molecule has 0 saturated carbocycles. The van der Waals surface area contributed by atoms with Gasteiger partial charge in [-0.15, -0.1) is 0 Å². The normalized spacial score (nSPS) is 12.4. The lowest BCUT2D eigenvalue weighted by molar-refractivity contribution is -0.124. The van der Waals surface area contributed by atoms with E-state index in [2.05, 4.69) is 10.4 Å². The maximum Gasteiger partial charge on any atom is 0.222 e. The predicted molar refractivity (Wildman–Crippen MR) is 62.8 cm³/mol. The Kier molecular flexibility index (Phi) is 4.98. The molecule has 1 unspecified atom stereocenters. The third kappa shape index (κ3) is 4.02. The molecule has 1 amide bonds. The van der Waals surface area contributed by atoms with Crippen LogP contribution in [0.15, 0.2) is 12.4 Å². The van der Waals surface area contributed by atoms with Crippen molar-refractivity contribution in [3.63, 3.8) is 0 Å². The summed E-state index contributed by atoms with van der Waals surface area (Å²) in [7, 11) is 1.88. The van der Waals surface area contributed by atoms with Gasteiger partial charge in [-0.05, 0) is 24.9 Å². The van der Waals surface area contributed by atoms with Gasteiger partial charge in [0.25, 0.3) is 0 Å². The third-order valence-electron chi connectivity index (χ3n) is 2.52. The summed E-state index contributed by atoms with van der Waals surface area (Å²) in [5, 5.41) is 6.96. The second kappa shape index (κ2) is 6.27. The van der Waals surface area contributed by atoms with E-state index in [1.165, 1.54) is 0 Å². The molecule has 0 radical (unpaired) electrons. The quantitative estimate of drug-likeness (QED) is 0.718. The number of carbonyl (C=O) groups excluding carboxylic acids is 1. The molecular weight excluding hydrogens is 204 g/mol. The zero-order valence-corrected chi connectivity index (χ0v) is 9.94. The van der Waals surface area contributed by atoms with Crippen LogP contribution in [0.3, 0.4) is 0 Å². The number of aryl methyl sites for hydroxylation is 1. The lowest BCUT2D eigenvalue weighted by atomic mass is 10.1. The number of hydrogen-bond donors (Lipinski definition) is 2. The molecule has 5 nitrogen and oxygen atoms in total. The van der Waals surface area contributed by atoms with Gasteiger partial charge in [0.1, 0.15) is 0 Å². The van der Waals surface area contributed by atoms with Crippen molar-refractivity contribution in [2.45, 2.75) is 19.8 Å². The van der Waals surface area contributed by atoms with Crippen LogP contribution in [0.4, 0.5) is 0 Å². The van der Waals surface area contributed by atoms with Crippen molar-refractivity contribution in [2.75, 3.05) is 13.1 Å². The van der Waals surface area contributed by atoms with Crippen LogP contribution in [0.25, 0.3) is 0 Å². The van der Waals surface area contributed by atoms with Crippen molar-refractivity contribution in [1.29, 1.82) is 0 Å². The van der Waals surface area contributed by atoms with Crippen molar-refractivity contribution >= 4 is 5.91 Å². The van der Waals surface area contributed by atoms with E-state index in [0.29, 0.717) is 13.1 Å². The molecule has 3 N–H and O–H groups in total. The van der Waals surface area contributed by atoms with E-state index in [1.807, 2.05) is 26.4 Å². The predicted octanol–water partition coefficient (Wildman–Crippen LogP) is 0.0637. The molecule has 0 bridgehead atoms. The molecule has 0 aliphatic carbocycles. The van der Waals surface area contributed by atoms with Crippen LogP contribution >= 0.6 is 0 Å². The number of aromatic nitrogens is 2. The van der Waals surface area contributed by atoms with Gasteiger partial charge in [-0.25, -0.2) is 0 Å². The van der Waals surface area contributed by atoms with Gasteiger partial charge in [0.2, 0.25) is 5.91 Å². The van der Waals surface area contributed by atoms with E-state index in [0.717, 1.165) is 18.4 Å². The molecule has 1 aromatic rings. The summed E-state index contributed by atoms with van der Waals surface area (Å²) in [6, 6.07) is 0. The Bertz CT molecular complexity index is 334. The Morgan fingerprint density at radius 1 is 1.69 bits per heavy atom. The van der Waals surface area contributed by atoms with Gasteiger partial charge in [-0.1, -0.05) is 6.92 Å². The van der Waals surface area contributed by atoms with Gasteiger partial charge in [-0.3, -0.25) is 9.48 Å². The summed E-state index contributed by atoms with van der Waals surface area (Å²) < 4.78 is 1.76. The maximum absolute atomic E-state index is 11.5. The molecule has 5 heteroatoms. The van der Waals surface area contributed by atoms with Crippen LogP contribution in [0.2, 0.25) is 0 Å². The van der Waals surface area contributed by atoms with E-state index in [-0.39, 0.29) is 11.8 Å². The Morgan fingerprint density at radius 2 is 2.44 bits per heavy atom. The monoisotopic (exact) mass is 224 g/mol. The van der Waals surface area contributed by atoms with Gasteiger partial charge >= 0.3 is 0 Å².